The smallest absolute Gasteiger partial charge is 0.475 e. The lowest BCUT2D eigenvalue weighted by Gasteiger charge is -2.24. The molecule has 10 nitrogen and oxygen atoms in total. The van der Waals surface area contributed by atoms with Crippen LogP contribution in [0.1, 0.15) is 54.3 Å². The molecular weight excluding hydrogens is 585 g/mol. The van der Waals surface area contributed by atoms with Crippen molar-refractivity contribution < 1.29 is 33.0 Å². The van der Waals surface area contributed by atoms with Gasteiger partial charge in [0.05, 0.1) is 22.3 Å². The maximum atomic E-state index is 12.9. The van der Waals surface area contributed by atoms with Crippen molar-refractivity contribution in [1.29, 1.82) is 0 Å². The lowest BCUT2D eigenvalue weighted by atomic mass is 10.0. The van der Waals surface area contributed by atoms with E-state index in [4.69, 9.17) is 32.1 Å². The number of rotatable bonds is 13. The van der Waals surface area contributed by atoms with E-state index in [-0.39, 0.29) is 11.9 Å². The monoisotopic (exact) mass is 622 g/mol. The Labute approximate surface area is 251 Å². The first-order chi connectivity index (χ1) is 20.3. The van der Waals surface area contributed by atoms with Crippen molar-refractivity contribution in [3.63, 3.8) is 0 Å². The van der Waals surface area contributed by atoms with Crippen LogP contribution >= 0.6 is 11.3 Å². The summed E-state index contributed by atoms with van der Waals surface area (Å²) in [5.41, 5.74) is 20.2. The van der Waals surface area contributed by atoms with Crippen molar-refractivity contribution in [2.75, 3.05) is 6.54 Å². The minimum atomic E-state index is -5.08. The number of hydrogen-bond donors (Lipinski definition) is 6. The fourth-order valence-corrected chi connectivity index (χ4v) is 5.29. The molecule has 3 atom stereocenters. The average Bonchev–Trinajstić information content (AvgIpc) is 3.67. The van der Waals surface area contributed by atoms with Gasteiger partial charge in [-0.05, 0) is 74.1 Å². The minimum absolute atomic E-state index is 0.0209. The molecule has 0 spiro atoms. The number of amides is 1. The predicted molar refractivity (Wildman–Crippen MR) is 159 cm³/mol. The third kappa shape index (κ3) is 11.5. The summed E-state index contributed by atoms with van der Waals surface area (Å²) in [5.74, 6) is -2.24. The Morgan fingerprint density at radius 1 is 1.09 bits per heavy atom. The van der Waals surface area contributed by atoms with Crippen LogP contribution in [0.4, 0.5) is 13.2 Å². The van der Waals surface area contributed by atoms with Gasteiger partial charge in [-0.3, -0.25) is 9.79 Å². The van der Waals surface area contributed by atoms with Gasteiger partial charge in [-0.15, -0.1) is 11.3 Å². The molecule has 2 aromatic carbocycles. The molecule has 4 rings (SSSR count). The van der Waals surface area contributed by atoms with Crippen LogP contribution in [0.15, 0.2) is 53.5 Å². The summed E-state index contributed by atoms with van der Waals surface area (Å²) < 4.78 is 32.8. The van der Waals surface area contributed by atoms with Gasteiger partial charge in [0.15, 0.2) is 5.96 Å². The van der Waals surface area contributed by atoms with Gasteiger partial charge in [-0.2, -0.15) is 13.2 Å². The van der Waals surface area contributed by atoms with E-state index in [9.17, 15) is 23.1 Å². The number of thiazole rings is 1. The molecule has 3 aromatic rings. The van der Waals surface area contributed by atoms with Crippen LogP contribution in [0, 0.1) is 5.92 Å². The quantitative estimate of drug-likeness (QED) is 0.0949. The Morgan fingerprint density at radius 3 is 2.37 bits per heavy atom. The van der Waals surface area contributed by atoms with E-state index in [0.29, 0.717) is 37.2 Å². The summed E-state index contributed by atoms with van der Waals surface area (Å²) in [6.45, 7) is 0.414. The summed E-state index contributed by atoms with van der Waals surface area (Å²) in [4.78, 5) is 30.5. The highest BCUT2D eigenvalue weighted by Gasteiger charge is 2.38. The van der Waals surface area contributed by atoms with Crippen molar-refractivity contribution in [3.8, 4) is 0 Å². The molecule has 1 fully saturated rings. The van der Waals surface area contributed by atoms with Crippen LogP contribution in [0.3, 0.4) is 0 Å². The number of hydrogen-bond acceptors (Lipinski definition) is 7. The molecule has 1 unspecified atom stereocenters. The number of guanidine groups is 1. The molecule has 0 saturated heterocycles. The second-order valence-corrected chi connectivity index (χ2v) is 11.5. The SMILES string of the molecule is NC(N)=NCCC[C@@H](N)C(=O)N[C@H](CCc1ccccc1)C(O)c1nc2cc(CC3CC3)ccc2s1.O=C(O)C(F)(F)F. The number of carbonyl (C=O) groups is 2. The van der Waals surface area contributed by atoms with Crippen molar-refractivity contribution >= 4 is 39.4 Å². The number of aromatic nitrogens is 1. The summed E-state index contributed by atoms with van der Waals surface area (Å²) in [5, 5.41) is 22.1. The molecule has 0 bridgehead atoms. The van der Waals surface area contributed by atoms with Crippen LogP contribution in [0.2, 0.25) is 0 Å². The largest absolute Gasteiger partial charge is 0.490 e. The van der Waals surface area contributed by atoms with Gasteiger partial charge in [0, 0.05) is 6.54 Å². The van der Waals surface area contributed by atoms with Crippen LogP contribution in [-0.2, 0) is 22.4 Å². The molecule has 1 aliphatic carbocycles. The lowest BCUT2D eigenvalue weighted by molar-refractivity contribution is -0.192. The first-order valence-electron chi connectivity index (χ1n) is 13.9. The molecule has 1 saturated carbocycles. The fourth-order valence-electron chi connectivity index (χ4n) is 4.29. The van der Waals surface area contributed by atoms with E-state index in [1.807, 2.05) is 30.3 Å². The van der Waals surface area contributed by atoms with Crippen molar-refractivity contribution in [1.82, 2.24) is 10.3 Å². The summed E-state index contributed by atoms with van der Waals surface area (Å²) >= 11 is 1.47. The number of nitrogens with zero attached hydrogens (tertiary/aromatic N) is 2. The highest BCUT2D eigenvalue weighted by Crippen LogP contribution is 2.35. The zero-order valence-electron chi connectivity index (χ0n) is 23.5. The molecular formula is C29H37F3N6O4S. The second-order valence-electron chi connectivity index (χ2n) is 10.4. The summed E-state index contributed by atoms with van der Waals surface area (Å²) in [6.07, 6.45) is -0.0336. The first-order valence-corrected chi connectivity index (χ1v) is 14.7. The van der Waals surface area contributed by atoms with Crippen molar-refractivity contribution in [2.45, 2.75) is 69.3 Å². The minimum Gasteiger partial charge on any atom is -0.475 e. The normalized spacial score (nSPS) is 15.1. The number of alkyl halides is 3. The molecule has 1 amide bonds. The van der Waals surface area contributed by atoms with Gasteiger partial charge in [-0.25, -0.2) is 9.78 Å². The third-order valence-corrected chi connectivity index (χ3v) is 7.89. The highest BCUT2D eigenvalue weighted by molar-refractivity contribution is 7.18. The van der Waals surface area contributed by atoms with Crippen LogP contribution in [0.5, 0.6) is 0 Å². The van der Waals surface area contributed by atoms with E-state index in [1.54, 1.807) is 0 Å². The summed E-state index contributed by atoms with van der Waals surface area (Å²) in [6, 6.07) is 15.2. The number of halogens is 3. The van der Waals surface area contributed by atoms with Gasteiger partial charge in [-0.1, -0.05) is 36.4 Å². The van der Waals surface area contributed by atoms with Crippen molar-refractivity contribution in [2.24, 2.45) is 28.1 Å². The molecule has 1 aromatic heterocycles. The van der Waals surface area contributed by atoms with E-state index in [1.165, 1.54) is 29.7 Å². The number of benzene rings is 2. The lowest BCUT2D eigenvalue weighted by Crippen LogP contribution is -2.47. The van der Waals surface area contributed by atoms with E-state index >= 15 is 0 Å². The van der Waals surface area contributed by atoms with Crippen LogP contribution in [-0.4, -0.2) is 57.8 Å². The second kappa shape index (κ2) is 15.6. The Kier molecular flexibility index (Phi) is 12.3. The number of carboxylic acids is 1. The van der Waals surface area contributed by atoms with Crippen LogP contribution in [0.25, 0.3) is 10.2 Å². The van der Waals surface area contributed by atoms with Crippen LogP contribution < -0.4 is 22.5 Å². The van der Waals surface area contributed by atoms with Gasteiger partial charge in [0.2, 0.25) is 5.91 Å². The third-order valence-electron chi connectivity index (χ3n) is 6.79. The number of carbonyl (C=O) groups excluding carboxylic acids is 1. The number of aliphatic hydroxyl groups excluding tert-OH is 1. The number of nitrogens with two attached hydrogens (primary N) is 3. The Bertz CT molecular complexity index is 1380. The number of nitrogens with one attached hydrogen (secondary N) is 1. The van der Waals surface area contributed by atoms with Gasteiger partial charge < -0.3 is 32.7 Å². The van der Waals surface area contributed by atoms with E-state index in [0.717, 1.165) is 28.1 Å². The molecule has 1 aliphatic rings. The van der Waals surface area contributed by atoms with Gasteiger partial charge in [0.1, 0.15) is 11.1 Å². The number of aliphatic carboxylic acids is 1. The molecule has 14 heteroatoms. The number of aliphatic hydroxyl groups is 1. The molecule has 43 heavy (non-hydrogen) atoms. The highest BCUT2D eigenvalue weighted by atomic mass is 32.1. The topological polar surface area (TPSA) is 190 Å². The molecule has 234 valence electrons. The number of aliphatic imine (C=N–C) groups is 1. The van der Waals surface area contributed by atoms with Gasteiger partial charge in [0.25, 0.3) is 0 Å². The molecule has 0 aliphatic heterocycles. The molecule has 9 N–H and O–H groups in total. The summed E-state index contributed by atoms with van der Waals surface area (Å²) in [7, 11) is 0. The fraction of sp³-hybridized carbons (Fsp3) is 0.448. The zero-order chi connectivity index (χ0) is 31.6. The van der Waals surface area contributed by atoms with Crippen molar-refractivity contribution in [3.05, 3.63) is 64.7 Å². The molecule has 0 radical (unpaired) electrons. The Morgan fingerprint density at radius 2 is 1.77 bits per heavy atom. The number of fused-ring (bicyclic) bond motifs is 1. The average molecular weight is 623 g/mol. The maximum absolute atomic E-state index is 12.9. The first kappa shape index (κ1) is 33.7. The zero-order valence-corrected chi connectivity index (χ0v) is 24.3. The van der Waals surface area contributed by atoms with E-state index in [2.05, 4.69) is 28.5 Å². The Balaban J connectivity index is 0.000000646. The molecule has 1 heterocycles. The predicted octanol–water partition coefficient (Wildman–Crippen LogP) is 3.41. The standard InChI is InChI=1S/C27H36N6O2S.C2HF3O2/c28-20(7-4-14-31-27(29)30)25(35)32-21(12-10-17-5-2-1-3-6-17)24(34)26-33-22-16-19(15-18-8-9-18)11-13-23(22)36-26;3-2(4,5)1(6)7/h1-3,5-6,11,13,16,18,20-21,24,34H,4,7-10,12,14-15,28H2,(H,32,35)(H4,29,30,31);(H,6,7)/t20-,21-,24?;/m1./s1. The maximum Gasteiger partial charge on any atom is 0.490 e. The Hall–Kier alpha value is -3.75. The van der Waals surface area contributed by atoms with Gasteiger partial charge >= 0.3 is 12.1 Å². The number of carboxylic acid groups (broad SMARTS) is 1. The number of aryl methyl sites for hydroxylation is 1. The van der Waals surface area contributed by atoms with E-state index < -0.39 is 30.3 Å².